The lowest BCUT2D eigenvalue weighted by atomic mass is 10.2. The molecule has 2 aromatic rings. The van der Waals surface area contributed by atoms with Crippen LogP contribution in [-0.4, -0.2) is 42.0 Å². The van der Waals surface area contributed by atoms with E-state index in [1.54, 1.807) is 0 Å². The quantitative estimate of drug-likeness (QED) is 0.849. The molecule has 0 spiro atoms. The Bertz CT molecular complexity index is 615. The number of rotatable bonds is 5. The minimum atomic E-state index is -0.0241. The molecule has 0 bridgehead atoms. The van der Waals surface area contributed by atoms with Crippen LogP contribution in [0, 0.1) is 0 Å². The van der Waals surface area contributed by atoms with E-state index in [0.29, 0.717) is 0 Å². The van der Waals surface area contributed by atoms with Gasteiger partial charge in [0.25, 0.3) is 0 Å². The third-order valence-corrected chi connectivity index (χ3v) is 4.22. The molecule has 1 aromatic carbocycles. The zero-order valence-corrected chi connectivity index (χ0v) is 12.9. The summed E-state index contributed by atoms with van der Waals surface area (Å²) in [6.07, 6.45) is 3.56. The number of pyridine rings is 1. The number of aromatic nitrogens is 1. The Labute approximate surface area is 131 Å². The summed E-state index contributed by atoms with van der Waals surface area (Å²) in [6.45, 7) is 1.64. The van der Waals surface area contributed by atoms with Crippen molar-refractivity contribution < 1.29 is 4.79 Å². The number of hydrogen-bond donors (Lipinski definition) is 0. The maximum absolute atomic E-state index is 12.6. The molecule has 4 nitrogen and oxygen atoms in total. The van der Waals surface area contributed by atoms with Crippen molar-refractivity contribution in [3.05, 3.63) is 60.4 Å². The third kappa shape index (κ3) is 3.17. The van der Waals surface area contributed by atoms with E-state index in [1.807, 2.05) is 66.7 Å². The van der Waals surface area contributed by atoms with Gasteiger partial charge in [0.2, 0.25) is 5.91 Å². The van der Waals surface area contributed by atoms with E-state index < -0.39 is 0 Å². The van der Waals surface area contributed by atoms with Gasteiger partial charge in [0, 0.05) is 37.1 Å². The van der Waals surface area contributed by atoms with E-state index >= 15 is 0 Å². The predicted octanol–water partition coefficient (Wildman–Crippen LogP) is 2.36. The minimum absolute atomic E-state index is 0.0241. The van der Waals surface area contributed by atoms with Gasteiger partial charge in [0.05, 0.1) is 6.04 Å². The average Bonchev–Trinajstić information content (AvgIpc) is 2.96. The average molecular weight is 295 g/mol. The topological polar surface area (TPSA) is 36.4 Å². The molecule has 0 aliphatic carbocycles. The van der Waals surface area contributed by atoms with Gasteiger partial charge in [0.15, 0.2) is 0 Å². The summed E-state index contributed by atoms with van der Waals surface area (Å²) in [5, 5.41) is 0. The number of amides is 1. The lowest BCUT2D eigenvalue weighted by Gasteiger charge is -2.23. The molecule has 1 aliphatic heterocycles. The standard InChI is InChI=1S/C18H21N3O/c1-20(13-10-15-7-5-6-12-19-15)17-11-14-21(18(17)22)16-8-3-2-4-9-16/h2-9,12,17H,10-11,13-14H2,1H3/t17-/m0/s1. The molecule has 1 amide bonds. The van der Waals surface area contributed by atoms with Crippen molar-refractivity contribution in [2.75, 3.05) is 25.0 Å². The summed E-state index contributed by atoms with van der Waals surface area (Å²) >= 11 is 0. The number of para-hydroxylation sites is 1. The fourth-order valence-corrected chi connectivity index (χ4v) is 2.93. The van der Waals surface area contributed by atoms with Gasteiger partial charge < -0.3 is 4.90 Å². The number of carbonyl (C=O) groups is 1. The fourth-order valence-electron chi connectivity index (χ4n) is 2.93. The van der Waals surface area contributed by atoms with Crippen LogP contribution in [0.2, 0.25) is 0 Å². The van der Waals surface area contributed by atoms with Gasteiger partial charge in [-0.2, -0.15) is 0 Å². The summed E-state index contributed by atoms with van der Waals surface area (Å²) in [4.78, 5) is 21.0. The molecule has 22 heavy (non-hydrogen) atoms. The van der Waals surface area contributed by atoms with Crippen molar-refractivity contribution in [2.24, 2.45) is 0 Å². The second-order valence-corrected chi connectivity index (χ2v) is 5.68. The molecule has 0 N–H and O–H groups in total. The van der Waals surface area contributed by atoms with Gasteiger partial charge in [-0.15, -0.1) is 0 Å². The van der Waals surface area contributed by atoms with Gasteiger partial charge in [-0.3, -0.25) is 14.7 Å². The Balaban J connectivity index is 1.60. The fraction of sp³-hybridized carbons (Fsp3) is 0.333. The summed E-state index contributed by atoms with van der Waals surface area (Å²) in [6, 6.07) is 15.8. The van der Waals surface area contributed by atoms with Crippen LogP contribution in [0.5, 0.6) is 0 Å². The number of carbonyl (C=O) groups excluding carboxylic acids is 1. The Morgan fingerprint density at radius 1 is 1.18 bits per heavy atom. The van der Waals surface area contributed by atoms with Crippen molar-refractivity contribution in [1.82, 2.24) is 9.88 Å². The number of anilines is 1. The Morgan fingerprint density at radius 3 is 2.68 bits per heavy atom. The first-order valence-corrected chi connectivity index (χ1v) is 7.72. The SMILES string of the molecule is CN(CCc1ccccn1)[C@H]1CCN(c2ccccc2)C1=O. The van der Waals surface area contributed by atoms with Crippen molar-refractivity contribution in [3.63, 3.8) is 0 Å². The van der Waals surface area contributed by atoms with Crippen LogP contribution in [-0.2, 0) is 11.2 Å². The molecule has 4 heteroatoms. The van der Waals surface area contributed by atoms with Gasteiger partial charge >= 0.3 is 0 Å². The second-order valence-electron chi connectivity index (χ2n) is 5.68. The van der Waals surface area contributed by atoms with Crippen LogP contribution >= 0.6 is 0 Å². The van der Waals surface area contributed by atoms with Crippen molar-refractivity contribution in [3.8, 4) is 0 Å². The Morgan fingerprint density at radius 2 is 1.95 bits per heavy atom. The molecule has 1 aliphatic rings. The van der Waals surface area contributed by atoms with Gasteiger partial charge in [-0.1, -0.05) is 24.3 Å². The summed E-state index contributed by atoms with van der Waals surface area (Å²) < 4.78 is 0. The van der Waals surface area contributed by atoms with Gasteiger partial charge in [0.1, 0.15) is 0 Å². The van der Waals surface area contributed by atoms with E-state index in [-0.39, 0.29) is 11.9 Å². The molecule has 3 rings (SSSR count). The number of hydrogen-bond acceptors (Lipinski definition) is 3. The highest BCUT2D eigenvalue weighted by molar-refractivity contribution is 5.99. The van der Waals surface area contributed by atoms with Crippen LogP contribution in [0.15, 0.2) is 54.7 Å². The molecule has 1 saturated heterocycles. The maximum atomic E-state index is 12.6. The zero-order chi connectivity index (χ0) is 15.4. The van der Waals surface area contributed by atoms with E-state index in [2.05, 4.69) is 9.88 Å². The molecule has 1 fully saturated rings. The van der Waals surface area contributed by atoms with Gasteiger partial charge in [-0.05, 0) is 37.7 Å². The minimum Gasteiger partial charge on any atom is -0.311 e. The molecule has 114 valence electrons. The molecule has 1 atom stereocenters. The Hall–Kier alpha value is -2.20. The molecule has 1 aromatic heterocycles. The monoisotopic (exact) mass is 295 g/mol. The zero-order valence-electron chi connectivity index (χ0n) is 12.9. The normalized spacial score (nSPS) is 18.2. The first kappa shape index (κ1) is 14.7. The largest absolute Gasteiger partial charge is 0.311 e. The Kier molecular flexibility index (Phi) is 4.49. The highest BCUT2D eigenvalue weighted by Gasteiger charge is 2.34. The highest BCUT2D eigenvalue weighted by Crippen LogP contribution is 2.23. The third-order valence-electron chi connectivity index (χ3n) is 4.22. The van der Waals surface area contributed by atoms with Crippen molar-refractivity contribution in [1.29, 1.82) is 0 Å². The van der Waals surface area contributed by atoms with Crippen molar-refractivity contribution in [2.45, 2.75) is 18.9 Å². The molecule has 0 saturated carbocycles. The lowest BCUT2D eigenvalue weighted by Crippen LogP contribution is -2.40. The number of likely N-dealkylation sites (N-methyl/N-ethyl adjacent to an activating group) is 1. The van der Waals surface area contributed by atoms with Crippen LogP contribution in [0.4, 0.5) is 5.69 Å². The summed E-state index contributed by atoms with van der Waals surface area (Å²) in [7, 11) is 2.03. The molecule has 2 heterocycles. The molecular formula is C18H21N3O. The first-order valence-electron chi connectivity index (χ1n) is 7.72. The van der Waals surface area contributed by atoms with Crippen molar-refractivity contribution >= 4 is 11.6 Å². The van der Waals surface area contributed by atoms with Crippen LogP contribution < -0.4 is 4.90 Å². The number of nitrogens with zero attached hydrogens (tertiary/aromatic N) is 3. The van der Waals surface area contributed by atoms with Gasteiger partial charge in [-0.25, -0.2) is 0 Å². The molecular weight excluding hydrogens is 274 g/mol. The number of benzene rings is 1. The van der Waals surface area contributed by atoms with E-state index in [9.17, 15) is 4.79 Å². The van der Waals surface area contributed by atoms with E-state index in [4.69, 9.17) is 0 Å². The molecule has 0 radical (unpaired) electrons. The van der Waals surface area contributed by atoms with Crippen LogP contribution in [0.1, 0.15) is 12.1 Å². The maximum Gasteiger partial charge on any atom is 0.244 e. The lowest BCUT2D eigenvalue weighted by molar-refractivity contribution is -0.121. The molecule has 0 unspecified atom stereocenters. The van der Waals surface area contributed by atoms with Crippen LogP contribution in [0.25, 0.3) is 0 Å². The summed E-state index contributed by atoms with van der Waals surface area (Å²) in [5.41, 5.74) is 2.06. The first-order chi connectivity index (χ1) is 10.8. The van der Waals surface area contributed by atoms with E-state index in [1.165, 1.54) is 0 Å². The summed E-state index contributed by atoms with van der Waals surface area (Å²) in [5.74, 6) is 0.203. The highest BCUT2D eigenvalue weighted by atomic mass is 16.2. The van der Waals surface area contributed by atoms with E-state index in [0.717, 1.165) is 37.3 Å². The smallest absolute Gasteiger partial charge is 0.244 e. The predicted molar refractivity (Wildman–Crippen MR) is 87.8 cm³/mol. The van der Waals surface area contributed by atoms with Crippen LogP contribution in [0.3, 0.4) is 0 Å². The second kappa shape index (κ2) is 6.71.